The number of hydrogen-bond donors (Lipinski definition) is 1. The molecule has 1 amide bonds. The minimum atomic E-state index is -0.830. The summed E-state index contributed by atoms with van der Waals surface area (Å²) >= 11 is 6.36. The largest absolute Gasteiger partial charge is 0.455 e. The van der Waals surface area contributed by atoms with E-state index in [4.69, 9.17) is 26.3 Å². The van der Waals surface area contributed by atoms with Gasteiger partial charge in [-0.25, -0.2) is 9.97 Å². The van der Waals surface area contributed by atoms with Crippen LogP contribution in [0.1, 0.15) is 56.1 Å². The number of amides is 1. The molecule has 2 aliphatic carbocycles. The van der Waals surface area contributed by atoms with Crippen molar-refractivity contribution in [1.29, 1.82) is 0 Å². The number of rotatable bonds is 4. The highest BCUT2D eigenvalue weighted by Gasteiger charge is 2.73. The highest BCUT2D eigenvalue weighted by Crippen LogP contribution is 2.70. The topological polar surface area (TPSA) is 64.1 Å². The van der Waals surface area contributed by atoms with Crippen molar-refractivity contribution < 1.29 is 9.53 Å². The van der Waals surface area contributed by atoms with Crippen LogP contribution in [-0.2, 0) is 15.6 Å². The van der Waals surface area contributed by atoms with Gasteiger partial charge >= 0.3 is 0 Å². The molecule has 3 aromatic carbocycles. The maximum Gasteiger partial charge on any atom is 0.237 e. The van der Waals surface area contributed by atoms with Crippen molar-refractivity contribution in [3.05, 3.63) is 88.2 Å². The molecule has 1 N–H and O–H groups in total. The van der Waals surface area contributed by atoms with E-state index in [0.717, 1.165) is 34.4 Å². The van der Waals surface area contributed by atoms with Gasteiger partial charge in [0.15, 0.2) is 5.75 Å². The SMILES string of the molecule is Cc1cc2nc3c(nc2cc1C)C1(C(=O)Nc2cc(Cl)ccc2Oc2ccccc2)CCC3(C)C1(C)C. The predicted molar refractivity (Wildman–Crippen MR) is 148 cm³/mol. The second kappa shape index (κ2) is 8.03. The highest BCUT2D eigenvalue weighted by atomic mass is 35.5. The lowest BCUT2D eigenvalue weighted by Crippen LogP contribution is -2.48. The van der Waals surface area contributed by atoms with Crippen molar-refractivity contribution in [1.82, 2.24) is 9.97 Å². The van der Waals surface area contributed by atoms with Gasteiger partial charge in [-0.3, -0.25) is 4.79 Å². The Balaban J connectivity index is 1.46. The van der Waals surface area contributed by atoms with Gasteiger partial charge in [-0.15, -0.1) is 0 Å². The number of aromatic nitrogens is 2. The first-order chi connectivity index (χ1) is 17.6. The molecule has 4 aromatic rings. The Morgan fingerprint density at radius 1 is 0.892 bits per heavy atom. The van der Waals surface area contributed by atoms with Gasteiger partial charge in [-0.05, 0) is 85.7 Å². The molecule has 6 rings (SSSR count). The number of para-hydroxylation sites is 1. The van der Waals surface area contributed by atoms with Gasteiger partial charge in [0.1, 0.15) is 5.75 Å². The number of nitrogens with zero attached hydrogens (tertiary/aromatic N) is 2. The van der Waals surface area contributed by atoms with E-state index in [2.05, 4.69) is 52.1 Å². The lowest BCUT2D eigenvalue weighted by Gasteiger charge is -2.39. The monoisotopic (exact) mass is 511 g/mol. The molecule has 2 atom stereocenters. The van der Waals surface area contributed by atoms with Crippen molar-refractivity contribution in [2.75, 3.05) is 5.32 Å². The Labute approximate surface area is 222 Å². The van der Waals surface area contributed by atoms with Crippen LogP contribution in [0, 0.1) is 19.3 Å². The van der Waals surface area contributed by atoms with Crippen LogP contribution in [0.3, 0.4) is 0 Å². The first kappa shape index (κ1) is 23.9. The van der Waals surface area contributed by atoms with E-state index in [1.54, 1.807) is 18.2 Å². The standard InChI is InChI=1S/C31H30ClN3O2/c1-18-15-22-23(16-19(18)2)34-27-26(33-22)30(5)13-14-31(27,29(30,3)4)28(36)35-24-17-20(32)11-12-25(24)37-21-9-7-6-8-10-21/h6-12,15-17H,13-14H2,1-5H3,(H,35,36). The molecule has 0 spiro atoms. The summed E-state index contributed by atoms with van der Waals surface area (Å²) in [4.78, 5) is 24.7. The quantitative estimate of drug-likeness (QED) is 0.305. The zero-order valence-electron chi connectivity index (χ0n) is 21.8. The fraction of sp³-hybridized carbons (Fsp3) is 0.323. The third kappa shape index (κ3) is 3.26. The number of anilines is 1. The highest BCUT2D eigenvalue weighted by molar-refractivity contribution is 6.31. The van der Waals surface area contributed by atoms with Crippen LogP contribution < -0.4 is 10.1 Å². The van der Waals surface area contributed by atoms with E-state index in [9.17, 15) is 4.79 Å². The van der Waals surface area contributed by atoms with Gasteiger partial charge in [0.25, 0.3) is 0 Å². The van der Waals surface area contributed by atoms with Crippen molar-refractivity contribution in [3.63, 3.8) is 0 Å². The van der Waals surface area contributed by atoms with Gasteiger partial charge in [0.2, 0.25) is 5.91 Å². The molecule has 1 saturated carbocycles. The number of hydrogen-bond acceptors (Lipinski definition) is 4. The second-order valence-electron chi connectivity index (χ2n) is 11.2. The summed E-state index contributed by atoms with van der Waals surface area (Å²) in [5, 5.41) is 3.72. The maximum absolute atomic E-state index is 14.4. The van der Waals surface area contributed by atoms with E-state index >= 15 is 0 Å². The molecule has 1 fully saturated rings. The minimum absolute atomic E-state index is 0.0994. The third-order valence-corrected chi connectivity index (χ3v) is 9.44. The van der Waals surface area contributed by atoms with E-state index < -0.39 is 10.8 Å². The molecule has 1 aromatic heterocycles. The molecule has 6 heteroatoms. The summed E-state index contributed by atoms with van der Waals surface area (Å²) in [6, 6.07) is 19.0. The summed E-state index contributed by atoms with van der Waals surface area (Å²) in [6.45, 7) is 10.8. The van der Waals surface area contributed by atoms with Crippen molar-refractivity contribution in [3.8, 4) is 11.5 Å². The predicted octanol–water partition coefficient (Wildman–Crippen LogP) is 7.66. The number of aryl methyl sites for hydroxylation is 2. The molecule has 5 nitrogen and oxygen atoms in total. The van der Waals surface area contributed by atoms with Crippen LogP contribution in [0.25, 0.3) is 11.0 Å². The number of benzene rings is 3. The Kier molecular flexibility index (Phi) is 5.19. The van der Waals surface area contributed by atoms with E-state index in [0.29, 0.717) is 28.6 Å². The summed E-state index contributed by atoms with van der Waals surface area (Å²) in [6.07, 6.45) is 1.57. The van der Waals surface area contributed by atoms with Crippen LogP contribution in [0.5, 0.6) is 11.5 Å². The second-order valence-corrected chi connectivity index (χ2v) is 11.7. The van der Waals surface area contributed by atoms with Crippen LogP contribution in [-0.4, -0.2) is 15.9 Å². The molecule has 2 unspecified atom stereocenters. The summed E-state index contributed by atoms with van der Waals surface area (Å²) in [7, 11) is 0. The molecule has 0 saturated heterocycles. The normalized spacial score (nSPS) is 23.2. The summed E-state index contributed by atoms with van der Waals surface area (Å²) in [5.74, 6) is 1.12. The van der Waals surface area contributed by atoms with Crippen LogP contribution in [0.4, 0.5) is 5.69 Å². The first-order valence-corrected chi connectivity index (χ1v) is 13.1. The van der Waals surface area contributed by atoms with Gasteiger partial charge in [0, 0.05) is 10.4 Å². The number of carbonyl (C=O) groups is 1. The molecule has 37 heavy (non-hydrogen) atoms. The summed E-state index contributed by atoms with van der Waals surface area (Å²) in [5.41, 5.74) is 4.85. The average Bonchev–Trinajstić information content (AvgIpc) is 3.16. The van der Waals surface area contributed by atoms with Gasteiger partial charge in [0.05, 0.1) is 33.5 Å². The number of carbonyl (C=O) groups excluding carboxylic acids is 1. The third-order valence-electron chi connectivity index (χ3n) is 9.20. The van der Waals surface area contributed by atoms with Crippen LogP contribution in [0.2, 0.25) is 5.02 Å². The van der Waals surface area contributed by atoms with E-state index in [1.807, 2.05) is 30.3 Å². The van der Waals surface area contributed by atoms with E-state index in [-0.39, 0.29) is 11.3 Å². The Morgan fingerprint density at radius 2 is 1.54 bits per heavy atom. The average molecular weight is 512 g/mol. The first-order valence-electron chi connectivity index (χ1n) is 12.7. The lowest BCUT2D eigenvalue weighted by atomic mass is 9.63. The zero-order chi connectivity index (χ0) is 26.2. The smallest absolute Gasteiger partial charge is 0.237 e. The maximum atomic E-state index is 14.4. The number of fused-ring (bicyclic) bond motifs is 6. The number of halogens is 1. The fourth-order valence-corrected chi connectivity index (χ4v) is 6.57. The van der Waals surface area contributed by atoms with Crippen molar-refractivity contribution in [2.45, 2.75) is 58.3 Å². The Hall–Kier alpha value is -3.44. The lowest BCUT2D eigenvalue weighted by molar-refractivity contribution is -0.125. The Bertz CT molecular complexity index is 1580. The molecule has 1 heterocycles. The Morgan fingerprint density at radius 3 is 2.22 bits per heavy atom. The molecule has 0 aliphatic heterocycles. The molecule has 188 valence electrons. The molecule has 0 radical (unpaired) electrons. The van der Waals surface area contributed by atoms with Gasteiger partial charge < -0.3 is 10.1 Å². The van der Waals surface area contributed by atoms with E-state index in [1.165, 1.54) is 5.56 Å². The van der Waals surface area contributed by atoms with Gasteiger partial charge in [-0.2, -0.15) is 0 Å². The molecule has 2 bridgehead atoms. The molecule has 2 aliphatic rings. The molecular formula is C31H30ClN3O2. The molecular weight excluding hydrogens is 482 g/mol. The zero-order valence-corrected chi connectivity index (χ0v) is 22.5. The van der Waals surface area contributed by atoms with Gasteiger partial charge in [-0.1, -0.05) is 50.6 Å². The fourth-order valence-electron chi connectivity index (χ4n) is 6.39. The minimum Gasteiger partial charge on any atom is -0.455 e. The van der Waals surface area contributed by atoms with Crippen molar-refractivity contribution in [2.24, 2.45) is 5.41 Å². The van der Waals surface area contributed by atoms with Crippen LogP contribution in [0.15, 0.2) is 60.7 Å². The van der Waals surface area contributed by atoms with Crippen molar-refractivity contribution >= 4 is 34.2 Å². The summed E-state index contributed by atoms with van der Waals surface area (Å²) < 4.78 is 6.13. The number of ether oxygens (including phenoxy) is 1. The van der Waals surface area contributed by atoms with Crippen LogP contribution >= 0.6 is 11.6 Å². The number of nitrogens with one attached hydrogen (secondary N) is 1.